The number of benzene rings is 1. The Morgan fingerprint density at radius 3 is 2.53 bits per heavy atom. The SMILES string of the molecule is CC(c1c(Cl)cc(C(N)=O)c(N)c1Cl)C1CC1. The summed E-state index contributed by atoms with van der Waals surface area (Å²) in [5.74, 6) is 0.264. The van der Waals surface area contributed by atoms with Gasteiger partial charge in [-0.1, -0.05) is 30.1 Å². The Bertz CT molecular complexity index is 484. The van der Waals surface area contributed by atoms with Gasteiger partial charge >= 0.3 is 0 Å². The van der Waals surface area contributed by atoms with Crippen molar-refractivity contribution in [1.82, 2.24) is 0 Å². The molecule has 0 saturated heterocycles. The molecule has 1 saturated carbocycles. The standard InChI is InChI=1S/C12H14Cl2N2O/c1-5(6-2-3-6)9-8(13)4-7(12(16)17)11(15)10(9)14/h4-6H,2-3,15H2,1H3,(H2,16,17). The van der Waals surface area contributed by atoms with Crippen molar-refractivity contribution >= 4 is 34.8 Å². The molecule has 0 bridgehead atoms. The van der Waals surface area contributed by atoms with Crippen LogP contribution in [0.5, 0.6) is 0 Å². The zero-order valence-electron chi connectivity index (χ0n) is 9.47. The van der Waals surface area contributed by atoms with E-state index in [0.29, 0.717) is 16.0 Å². The van der Waals surface area contributed by atoms with Gasteiger partial charge in [-0.2, -0.15) is 0 Å². The highest BCUT2D eigenvalue weighted by Gasteiger charge is 2.32. The minimum absolute atomic E-state index is 0.187. The molecule has 1 unspecified atom stereocenters. The molecule has 1 aliphatic rings. The highest BCUT2D eigenvalue weighted by molar-refractivity contribution is 6.38. The van der Waals surface area contributed by atoms with Crippen LogP contribution in [0.1, 0.15) is 41.6 Å². The molecule has 0 aliphatic heterocycles. The predicted molar refractivity (Wildman–Crippen MR) is 70.5 cm³/mol. The minimum Gasteiger partial charge on any atom is -0.397 e. The number of carbonyl (C=O) groups is 1. The molecule has 2 rings (SSSR count). The maximum absolute atomic E-state index is 11.2. The van der Waals surface area contributed by atoms with E-state index in [0.717, 1.165) is 5.56 Å². The van der Waals surface area contributed by atoms with E-state index in [1.807, 2.05) is 0 Å². The van der Waals surface area contributed by atoms with Crippen molar-refractivity contribution in [3.63, 3.8) is 0 Å². The summed E-state index contributed by atoms with van der Waals surface area (Å²) in [5, 5.41) is 0.836. The van der Waals surface area contributed by atoms with Crippen molar-refractivity contribution < 1.29 is 4.79 Å². The van der Waals surface area contributed by atoms with Gasteiger partial charge in [-0.05, 0) is 36.3 Å². The smallest absolute Gasteiger partial charge is 0.250 e. The van der Waals surface area contributed by atoms with Crippen LogP contribution in [0.2, 0.25) is 10.0 Å². The van der Waals surface area contributed by atoms with Crippen LogP contribution in [0.3, 0.4) is 0 Å². The second-order valence-corrected chi connectivity index (χ2v) is 5.32. The van der Waals surface area contributed by atoms with Gasteiger partial charge in [0, 0.05) is 5.02 Å². The Morgan fingerprint density at radius 2 is 2.06 bits per heavy atom. The van der Waals surface area contributed by atoms with Crippen LogP contribution in [0.15, 0.2) is 6.07 Å². The summed E-state index contributed by atoms with van der Waals surface area (Å²) in [4.78, 5) is 11.2. The summed E-state index contributed by atoms with van der Waals surface area (Å²) < 4.78 is 0. The maximum atomic E-state index is 11.2. The summed E-state index contributed by atoms with van der Waals surface area (Å²) >= 11 is 12.4. The largest absolute Gasteiger partial charge is 0.397 e. The van der Waals surface area contributed by atoms with E-state index in [2.05, 4.69) is 6.92 Å². The second-order valence-electron chi connectivity index (χ2n) is 4.54. The first-order valence-electron chi connectivity index (χ1n) is 5.50. The van der Waals surface area contributed by atoms with Gasteiger partial charge < -0.3 is 11.5 Å². The van der Waals surface area contributed by atoms with E-state index >= 15 is 0 Å². The van der Waals surface area contributed by atoms with Crippen LogP contribution in [-0.4, -0.2) is 5.91 Å². The molecule has 0 spiro atoms. The Morgan fingerprint density at radius 1 is 1.47 bits per heavy atom. The quantitative estimate of drug-likeness (QED) is 0.830. The monoisotopic (exact) mass is 272 g/mol. The summed E-state index contributed by atoms with van der Waals surface area (Å²) in [6, 6.07) is 1.51. The summed E-state index contributed by atoms with van der Waals surface area (Å²) in [6.07, 6.45) is 2.37. The fourth-order valence-electron chi connectivity index (χ4n) is 2.10. The molecule has 1 aromatic carbocycles. The molecule has 0 radical (unpaired) electrons. The zero-order chi connectivity index (χ0) is 12.7. The van der Waals surface area contributed by atoms with Crippen molar-refractivity contribution in [2.45, 2.75) is 25.7 Å². The topological polar surface area (TPSA) is 69.1 Å². The van der Waals surface area contributed by atoms with E-state index in [9.17, 15) is 4.79 Å². The van der Waals surface area contributed by atoms with Gasteiger partial charge in [0.05, 0.1) is 16.3 Å². The zero-order valence-corrected chi connectivity index (χ0v) is 11.0. The summed E-state index contributed by atoms with van der Waals surface area (Å²) in [7, 11) is 0. The molecule has 1 atom stereocenters. The van der Waals surface area contributed by atoms with Gasteiger partial charge in [0.15, 0.2) is 0 Å². The molecule has 1 aromatic rings. The lowest BCUT2D eigenvalue weighted by Crippen LogP contribution is -2.15. The fraction of sp³-hybridized carbons (Fsp3) is 0.417. The van der Waals surface area contributed by atoms with Gasteiger partial charge in [-0.25, -0.2) is 0 Å². The number of nitrogen functional groups attached to an aromatic ring is 1. The first-order valence-corrected chi connectivity index (χ1v) is 6.26. The number of amides is 1. The van der Waals surface area contributed by atoms with Gasteiger partial charge in [0.25, 0.3) is 5.91 Å². The molecular weight excluding hydrogens is 259 g/mol. The van der Waals surface area contributed by atoms with Crippen molar-refractivity contribution in [1.29, 1.82) is 0 Å². The number of hydrogen-bond donors (Lipinski definition) is 2. The van der Waals surface area contributed by atoms with Gasteiger partial charge in [-0.15, -0.1) is 0 Å². The molecule has 4 N–H and O–H groups in total. The van der Waals surface area contributed by atoms with E-state index < -0.39 is 5.91 Å². The van der Waals surface area contributed by atoms with Crippen LogP contribution >= 0.6 is 23.2 Å². The van der Waals surface area contributed by atoms with Crippen molar-refractivity contribution in [2.24, 2.45) is 11.7 Å². The van der Waals surface area contributed by atoms with E-state index in [4.69, 9.17) is 34.7 Å². The number of anilines is 1. The minimum atomic E-state index is -0.614. The lowest BCUT2D eigenvalue weighted by Gasteiger charge is -2.17. The molecular formula is C12H14Cl2N2O. The maximum Gasteiger partial charge on any atom is 0.250 e. The Hall–Kier alpha value is -0.930. The number of nitrogens with two attached hydrogens (primary N) is 2. The van der Waals surface area contributed by atoms with Gasteiger partial charge in [0.1, 0.15) is 0 Å². The van der Waals surface area contributed by atoms with Crippen LogP contribution < -0.4 is 11.5 Å². The average Bonchev–Trinajstić information content (AvgIpc) is 3.06. The molecule has 0 heterocycles. The third kappa shape index (κ3) is 2.22. The molecule has 1 amide bonds. The van der Waals surface area contributed by atoms with Crippen LogP contribution in [0, 0.1) is 5.92 Å². The van der Waals surface area contributed by atoms with Crippen molar-refractivity contribution in [2.75, 3.05) is 5.73 Å². The van der Waals surface area contributed by atoms with Crippen LogP contribution in [0.4, 0.5) is 5.69 Å². The molecule has 92 valence electrons. The van der Waals surface area contributed by atoms with Crippen molar-refractivity contribution in [3.8, 4) is 0 Å². The number of rotatable bonds is 3. The molecule has 1 aliphatic carbocycles. The van der Waals surface area contributed by atoms with E-state index in [-0.39, 0.29) is 17.2 Å². The fourth-order valence-corrected chi connectivity index (χ4v) is 2.90. The van der Waals surface area contributed by atoms with Crippen molar-refractivity contribution in [3.05, 3.63) is 27.2 Å². The Labute approximate surface area is 110 Å². The van der Waals surface area contributed by atoms with Gasteiger partial charge in [0.2, 0.25) is 0 Å². The molecule has 3 nitrogen and oxygen atoms in total. The Balaban J connectivity index is 2.53. The number of hydrogen-bond acceptors (Lipinski definition) is 2. The Kier molecular flexibility index (Phi) is 3.23. The number of carbonyl (C=O) groups excluding carboxylic acids is 1. The lowest BCUT2D eigenvalue weighted by atomic mass is 9.94. The number of halogens is 2. The molecule has 0 aromatic heterocycles. The average molecular weight is 273 g/mol. The molecule has 5 heteroatoms. The van der Waals surface area contributed by atoms with Gasteiger partial charge in [-0.3, -0.25) is 4.79 Å². The third-order valence-electron chi connectivity index (χ3n) is 3.34. The van der Waals surface area contributed by atoms with E-state index in [1.165, 1.54) is 18.9 Å². The normalized spacial score (nSPS) is 16.9. The summed E-state index contributed by atoms with van der Waals surface area (Å²) in [5.41, 5.74) is 12.3. The second kappa shape index (κ2) is 4.39. The summed E-state index contributed by atoms with van der Waals surface area (Å²) in [6.45, 7) is 2.08. The molecule has 17 heavy (non-hydrogen) atoms. The third-order valence-corrected chi connectivity index (χ3v) is 4.06. The first-order chi connectivity index (χ1) is 7.93. The lowest BCUT2D eigenvalue weighted by molar-refractivity contribution is 0.100. The van der Waals surface area contributed by atoms with Crippen LogP contribution in [-0.2, 0) is 0 Å². The number of primary amides is 1. The highest BCUT2D eigenvalue weighted by Crippen LogP contribution is 2.48. The predicted octanol–water partition coefficient (Wildman–Crippen LogP) is 3.19. The highest BCUT2D eigenvalue weighted by atomic mass is 35.5. The van der Waals surface area contributed by atoms with Crippen LogP contribution in [0.25, 0.3) is 0 Å². The van der Waals surface area contributed by atoms with E-state index in [1.54, 1.807) is 0 Å². The molecule has 1 fully saturated rings. The first kappa shape index (κ1) is 12.5.